The Bertz CT molecular complexity index is 1330. The van der Waals surface area contributed by atoms with E-state index < -0.39 is 11.8 Å². The summed E-state index contributed by atoms with van der Waals surface area (Å²) >= 11 is 0. The molecule has 0 atom stereocenters. The standard InChI is InChI=1S/C21H13N5O3/c27-19-10-14-4-1-2-5-17(14)26-21-16-11-15(6-7-18(16)24-13-25-21)29-9-3-8-22-20(28)12-23-19/h1-13H. The second kappa shape index (κ2) is 8.13. The molecule has 0 fully saturated rings. The van der Waals surface area contributed by atoms with Gasteiger partial charge >= 0.3 is 0 Å². The van der Waals surface area contributed by atoms with E-state index in [0.29, 0.717) is 33.0 Å². The summed E-state index contributed by atoms with van der Waals surface area (Å²) in [6.45, 7) is 0. The second-order valence-electron chi connectivity index (χ2n) is 5.85. The molecule has 0 radical (unpaired) electrons. The predicted octanol–water partition coefficient (Wildman–Crippen LogP) is 1.46. The summed E-state index contributed by atoms with van der Waals surface area (Å²) in [5, 5.41) is 1.75. The Balaban J connectivity index is 1.96. The number of ether oxygens (including phenoxy) is 1. The minimum Gasteiger partial charge on any atom is -0.465 e. The minimum atomic E-state index is -0.664. The second-order valence-corrected chi connectivity index (χ2v) is 5.85. The summed E-state index contributed by atoms with van der Waals surface area (Å²) in [5.74, 6) is -0.292. The van der Waals surface area contributed by atoms with Crippen molar-refractivity contribution in [1.29, 1.82) is 0 Å². The van der Waals surface area contributed by atoms with Crippen LogP contribution in [0.2, 0.25) is 0 Å². The number of para-hydroxylation sites is 1. The molecule has 2 heterocycles. The molecule has 1 aromatic heterocycles. The lowest BCUT2D eigenvalue weighted by Gasteiger charge is -2.04. The van der Waals surface area contributed by atoms with Gasteiger partial charge in [0.15, 0.2) is 5.82 Å². The van der Waals surface area contributed by atoms with Gasteiger partial charge in [0.1, 0.15) is 12.1 Å². The van der Waals surface area contributed by atoms with Crippen LogP contribution in [-0.2, 0) is 9.59 Å². The van der Waals surface area contributed by atoms with Crippen LogP contribution in [0.4, 0.5) is 5.82 Å². The number of hydrogen-bond donors (Lipinski definition) is 0. The normalized spacial score (nSPS) is 14.1. The molecule has 8 nitrogen and oxygen atoms in total. The molecule has 0 aliphatic carbocycles. The van der Waals surface area contributed by atoms with Gasteiger partial charge in [0.05, 0.1) is 23.4 Å². The van der Waals surface area contributed by atoms with E-state index in [1.54, 1.807) is 42.5 Å². The number of fused-ring (bicyclic) bond motifs is 2. The third kappa shape index (κ3) is 4.33. The number of carbonyl (C=O) groups excluding carboxylic acids is 2. The van der Waals surface area contributed by atoms with Crippen LogP contribution in [0.15, 0.2) is 76.1 Å². The first-order chi connectivity index (χ1) is 14.2. The number of nitrogens with zero attached hydrogens (tertiary/aromatic N) is 5. The van der Waals surface area contributed by atoms with Gasteiger partial charge in [-0.2, -0.15) is 0 Å². The molecule has 140 valence electrons. The van der Waals surface area contributed by atoms with E-state index in [2.05, 4.69) is 24.9 Å². The first-order valence-corrected chi connectivity index (χ1v) is 8.57. The highest BCUT2D eigenvalue weighted by Crippen LogP contribution is 2.25. The van der Waals surface area contributed by atoms with Crippen molar-refractivity contribution in [3.05, 3.63) is 71.7 Å². The molecule has 1 aliphatic heterocycles. The molecule has 4 rings (SSSR count). The molecule has 0 spiro atoms. The van der Waals surface area contributed by atoms with Crippen LogP contribution < -0.4 is 15.3 Å². The van der Waals surface area contributed by atoms with Crippen molar-refractivity contribution in [3.63, 3.8) is 0 Å². The average molecular weight is 383 g/mol. The van der Waals surface area contributed by atoms with E-state index in [1.165, 1.54) is 31.0 Å². The SMILES string of the molecule is O=C1C=NC(=O)C=c2ccccc2=Nc2ncnc3ccc(cc23)OC=CC=N1. The van der Waals surface area contributed by atoms with Crippen LogP contribution in [0.25, 0.3) is 17.0 Å². The van der Waals surface area contributed by atoms with Crippen LogP contribution in [0.5, 0.6) is 5.75 Å². The molecule has 29 heavy (non-hydrogen) atoms. The summed E-state index contributed by atoms with van der Waals surface area (Å²) in [6, 6.07) is 12.4. The van der Waals surface area contributed by atoms with Crippen molar-refractivity contribution in [1.82, 2.24) is 9.97 Å². The van der Waals surface area contributed by atoms with Gasteiger partial charge < -0.3 is 4.74 Å². The molecule has 2 amide bonds. The van der Waals surface area contributed by atoms with E-state index >= 15 is 0 Å². The summed E-state index contributed by atoms with van der Waals surface area (Å²) in [5.41, 5.74) is 0.697. The number of rotatable bonds is 0. The fourth-order valence-electron chi connectivity index (χ4n) is 2.60. The fraction of sp³-hybridized carbons (Fsp3) is 0. The topological polar surface area (TPSA) is 106 Å². The molecular weight excluding hydrogens is 370 g/mol. The van der Waals surface area contributed by atoms with Crippen molar-refractivity contribution >= 4 is 47.0 Å². The largest absolute Gasteiger partial charge is 0.465 e. The maximum absolute atomic E-state index is 12.1. The highest BCUT2D eigenvalue weighted by molar-refractivity contribution is 6.31. The highest BCUT2D eigenvalue weighted by Gasteiger charge is 2.05. The number of benzene rings is 2. The molecule has 2 aromatic carbocycles. The van der Waals surface area contributed by atoms with Crippen molar-refractivity contribution in [3.8, 4) is 5.75 Å². The number of amides is 2. The molecule has 0 saturated heterocycles. The zero-order valence-electron chi connectivity index (χ0n) is 15.0. The van der Waals surface area contributed by atoms with Crippen LogP contribution in [0.1, 0.15) is 0 Å². The molecule has 0 N–H and O–H groups in total. The molecule has 3 aromatic rings. The lowest BCUT2D eigenvalue weighted by molar-refractivity contribution is -0.113. The van der Waals surface area contributed by atoms with E-state index in [4.69, 9.17) is 4.74 Å². The van der Waals surface area contributed by atoms with Gasteiger partial charge in [-0.3, -0.25) is 9.59 Å². The van der Waals surface area contributed by atoms with Crippen molar-refractivity contribution in [2.75, 3.05) is 0 Å². The predicted molar refractivity (Wildman–Crippen MR) is 108 cm³/mol. The van der Waals surface area contributed by atoms with Crippen LogP contribution in [-0.4, -0.2) is 34.2 Å². The highest BCUT2D eigenvalue weighted by atomic mass is 16.5. The van der Waals surface area contributed by atoms with Gasteiger partial charge in [0, 0.05) is 22.9 Å². The Kier molecular flexibility index (Phi) is 5.06. The first kappa shape index (κ1) is 18.1. The van der Waals surface area contributed by atoms with Crippen LogP contribution in [0, 0.1) is 0 Å². The monoisotopic (exact) mass is 383 g/mol. The maximum Gasteiger partial charge on any atom is 0.288 e. The maximum atomic E-state index is 12.1. The average Bonchev–Trinajstić information content (AvgIpc) is 2.73. The Hall–Kier alpha value is -4.33. The summed E-state index contributed by atoms with van der Waals surface area (Å²) in [6.07, 6.45) is 7.66. The third-order valence-corrected chi connectivity index (χ3v) is 3.90. The third-order valence-electron chi connectivity index (χ3n) is 3.90. The summed E-state index contributed by atoms with van der Waals surface area (Å²) in [7, 11) is 0. The molecule has 2 bridgehead atoms. The van der Waals surface area contributed by atoms with Gasteiger partial charge in [0.25, 0.3) is 11.8 Å². The zero-order chi connectivity index (χ0) is 20.1. The van der Waals surface area contributed by atoms with E-state index in [9.17, 15) is 9.59 Å². The van der Waals surface area contributed by atoms with E-state index in [0.717, 1.165) is 6.21 Å². The van der Waals surface area contributed by atoms with Gasteiger partial charge in [-0.15, -0.1) is 0 Å². The smallest absolute Gasteiger partial charge is 0.288 e. The Morgan fingerprint density at radius 1 is 0.897 bits per heavy atom. The van der Waals surface area contributed by atoms with E-state index in [-0.39, 0.29) is 0 Å². The lowest BCUT2D eigenvalue weighted by atomic mass is 10.2. The number of carbonyl (C=O) groups is 2. The summed E-state index contributed by atoms with van der Waals surface area (Å²) < 4.78 is 5.54. The molecule has 0 saturated carbocycles. The number of allylic oxidation sites excluding steroid dienone is 1. The van der Waals surface area contributed by atoms with Crippen LogP contribution >= 0.6 is 0 Å². The van der Waals surface area contributed by atoms with Gasteiger partial charge in [-0.1, -0.05) is 18.2 Å². The molecule has 0 unspecified atom stereocenters. The van der Waals surface area contributed by atoms with Crippen molar-refractivity contribution in [2.24, 2.45) is 15.0 Å². The first-order valence-electron chi connectivity index (χ1n) is 8.57. The van der Waals surface area contributed by atoms with Crippen molar-refractivity contribution in [2.45, 2.75) is 0 Å². The summed E-state index contributed by atoms with van der Waals surface area (Å²) in [4.78, 5) is 44.1. The molecular formula is C21H13N5O3. The fourth-order valence-corrected chi connectivity index (χ4v) is 2.60. The Labute approximate surface area is 164 Å². The number of hydrogen-bond acceptors (Lipinski definition) is 6. The van der Waals surface area contributed by atoms with Crippen molar-refractivity contribution < 1.29 is 14.3 Å². The number of aromatic nitrogens is 2. The van der Waals surface area contributed by atoms with Crippen LogP contribution in [0.3, 0.4) is 0 Å². The lowest BCUT2D eigenvalue weighted by Crippen LogP contribution is -2.25. The Morgan fingerprint density at radius 3 is 2.72 bits per heavy atom. The molecule has 8 heteroatoms. The Morgan fingerprint density at radius 2 is 1.79 bits per heavy atom. The van der Waals surface area contributed by atoms with E-state index in [1.807, 2.05) is 0 Å². The minimum absolute atomic E-state index is 0.433. The van der Waals surface area contributed by atoms with Gasteiger partial charge in [-0.25, -0.2) is 24.9 Å². The van der Waals surface area contributed by atoms with Gasteiger partial charge in [0.2, 0.25) is 0 Å². The molecule has 1 aliphatic rings. The number of aliphatic imine (C=N–C) groups is 2. The quantitative estimate of drug-likeness (QED) is 0.584. The van der Waals surface area contributed by atoms with Gasteiger partial charge in [-0.05, 0) is 30.3 Å². The zero-order valence-corrected chi connectivity index (χ0v) is 15.0.